The molecule has 0 aromatic rings. The first-order valence-corrected chi connectivity index (χ1v) is 7.33. The molecule has 0 aliphatic heterocycles. The van der Waals surface area contributed by atoms with E-state index in [0.717, 1.165) is 0 Å². The molecule has 0 unspecified atom stereocenters. The summed E-state index contributed by atoms with van der Waals surface area (Å²) in [5.41, 5.74) is 5.33. The summed E-state index contributed by atoms with van der Waals surface area (Å²) in [5.74, 6) is 0.457. The predicted octanol–water partition coefficient (Wildman–Crippen LogP) is -0.226. The quantitative estimate of drug-likeness (QED) is 0.536. The van der Waals surface area contributed by atoms with E-state index in [1.165, 1.54) is 11.4 Å². The summed E-state index contributed by atoms with van der Waals surface area (Å²) in [6.07, 6.45) is 0.654. The molecule has 17 heavy (non-hydrogen) atoms. The van der Waals surface area contributed by atoms with Crippen molar-refractivity contribution in [3.63, 3.8) is 0 Å². The van der Waals surface area contributed by atoms with Gasteiger partial charge in [-0.1, -0.05) is 13.8 Å². The molecule has 0 aromatic carbocycles. The van der Waals surface area contributed by atoms with Gasteiger partial charge in [-0.3, -0.25) is 0 Å². The van der Waals surface area contributed by atoms with Crippen molar-refractivity contribution in [2.24, 2.45) is 11.7 Å². The monoisotopic (exact) mass is 267 g/mol. The molecule has 0 radical (unpaired) electrons. The Balaban J connectivity index is 3.77. The van der Waals surface area contributed by atoms with Crippen LogP contribution in [0.5, 0.6) is 0 Å². The highest BCUT2D eigenvalue weighted by atomic mass is 32.2. The third kappa shape index (κ3) is 8.50. The molecule has 0 aliphatic rings. The number of hydrogen-bond donors (Lipinski definition) is 2. The van der Waals surface area contributed by atoms with Crippen LogP contribution >= 0.6 is 0 Å². The van der Waals surface area contributed by atoms with E-state index in [1.807, 2.05) is 13.8 Å². The number of nitrogens with two attached hydrogens (primary N) is 1. The predicted molar refractivity (Wildman–Crippen MR) is 68.9 cm³/mol. The van der Waals surface area contributed by atoms with E-state index in [4.69, 9.17) is 10.5 Å². The minimum atomic E-state index is -3.39. The number of rotatable bonds is 10. The zero-order valence-corrected chi connectivity index (χ0v) is 11.8. The van der Waals surface area contributed by atoms with Gasteiger partial charge in [-0.05, 0) is 18.9 Å². The molecule has 0 amide bonds. The molecule has 0 bridgehead atoms. The van der Waals surface area contributed by atoms with Crippen LogP contribution in [-0.4, -0.2) is 52.6 Å². The van der Waals surface area contributed by atoms with Gasteiger partial charge >= 0.3 is 0 Å². The Morgan fingerprint density at radius 1 is 1.41 bits per heavy atom. The summed E-state index contributed by atoms with van der Waals surface area (Å²) in [4.78, 5) is 0. The first-order chi connectivity index (χ1) is 7.90. The van der Waals surface area contributed by atoms with Crippen molar-refractivity contribution in [3.8, 4) is 0 Å². The van der Waals surface area contributed by atoms with Crippen LogP contribution in [0.3, 0.4) is 0 Å². The molecule has 0 saturated carbocycles. The van der Waals surface area contributed by atoms with Crippen molar-refractivity contribution >= 4 is 10.2 Å². The first-order valence-electron chi connectivity index (χ1n) is 5.89. The van der Waals surface area contributed by atoms with Crippen LogP contribution in [-0.2, 0) is 14.9 Å². The maximum Gasteiger partial charge on any atom is 0.279 e. The van der Waals surface area contributed by atoms with Crippen LogP contribution in [0.2, 0.25) is 0 Å². The lowest BCUT2D eigenvalue weighted by Crippen LogP contribution is -2.40. The highest BCUT2D eigenvalue weighted by molar-refractivity contribution is 7.87. The molecule has 7 heteroatoms. The Bertz CT molecular complexity index is 281. The maximum atomic E-state index is 11.7. The lowest BCUT2D eigenvalue weighted by Gasteiger charge is -2.17. The fourth-order valence-electron chi connectivity index (χ4n) is 1.11. The number of nitrogens with one attached hydrogen (secondary N) is 1. The van der Waals surface area contributed by atoms with Crippen molar-refractivity contribution in [2.75, 3.05) is 39.9 Å². The van der Waals surface area contributed by atoms with Crippen molar-refractivity contribution in [3.05, 3.63) is 0 Å². The van der Waals surface area contributed by atoms with E-state index in [9.17, 15) is 8.42 Å². The topological polar surface area (TPSA) is 84.7 Å². The second kappa shape index (κ2) is 8.82. The van der Waals surface area contributed by atoms with Gasteiger partial charge in [-0.2, -0.15) is 17.4 Å². The Morgan fingerprint density at radius 3 is 2.59 bits per heavy atom. The van der Waals surface area contributed by atoms with Crippen molar-refractivity contribution < 1.29 is 13.2 Å². The van der Waals surface area contributed by atoms with E-state index in [-0.39, 0.29) is 0 Å². The van der Waals surface area contributed by atoms with Gasteiger partial charge in [0.05, 0.1) is 6.61 Å². The first kappa shape index (κ1) is 16.8. The number of nitrogens with zero attached hydrogens (tertiary/aromatic N) is 1. The van der Waals surface area contributed by atoms with E-state index < -0.39 is 10.2 Å². The highest BCUT2D eigenvalue weighted by Crippen LogP contribution is 1.95. The van der Waals surface area contributed by atoms with Gasteiger partial charge in [0.25, 0.3) is 10.2 Å². The van der Waals surface area contributed by atoms with E-state index in [0.29, 0.717) is 45.2 Å². The van der Waals surface area contributed by atoms with E-state index >= 15 is 0 Å². The smallest absolute Gasteiger partial charge is 0.279 e. The van der Waals surface area contributed by atoms with Crippen LogP contribution in [0.1, 0.15) is 20.3 Å². The number of hydrogen-bond acceptors (Lipinski definition) is 4. The largest absolute Gasteiger partial charge is 0.380 e. The molecule has 0 aromatic heterocycles. The van der Waals surface area contributed by atoms with Gasteiger partial charge in [0.1, 0.15) is 0 Å². The minimum absolute atomic E-state index is 0.294. The minimum Gasteiger partial charge on any atom is -0.380 e. The third-order valence-corrected chi connectivity index (χ3v) is 3.64. The van der Waals surface area contributed by atoms with E-state index in [1.54, 1.807) is 0 Å². The van der Waals surface area contributed by atoms with Gasteiger partial charge in [-0.25, -0.2) is 0 Å². The lowest BCUT2D eigenvalue weighted by molar-refractivity contribution is 0.114. The van der Waals surface area contributed by atoms with Gasteiger partial charge in [-0.15, -0.1) is 0 Å². The normalized spacial score (nSPS) is 12.6. The van der Waals surface area contributed by atoms with Gasteiger partial charge in [0.15, 0.2) is 0 Å². The van der Waals surface area contributed by atoms with Crippen molar-refractivity contribution in [2.45, 2.75) is 20.3 Å². The molecule has 0 aliphatic carbocycles. The van der Waals surface area contributed by atoms with Gasteiger partial charge in [0.2, 0.25) is 0 Å². The fourth-order valence-corrected chi connectivity index (χ4v) is 2.04. The van der Waals surface area contributed by atoms with Crippen LogP contribution < -0.4 is 10.5 Å². The Hall–Kier alpha value is -0.210. The second-order valence-corrected chi connectivity index (χ2v) is 6.19. The molecule has 0 spiro atoms. The summed E-state index contributed by atoms with van der Waals surface area (Å²) in [6.45, 7) is 6.33. The summed E-state index contributed by atoms with van der Waals surface area (Å²) < 4.78 is 32.3. The Kier molecular flexibility index (Phi) is 8.71. The summed E-state index contributed by atoms with van der Waals surface area (Å²) in [5, 5.41) is 0. The van der Waals surface area contributed by atoms with Crippen molar-refractivity contribution in [1.82, 2.24) is 9.03 Å². The van der Waals surface area contributed by atoms with E-state index in [2.05, 4.69) is 4.72 Å². The maximum absolute atomic E-state index is 11.7. The average molecular weight is 267 g/mol. The molecular formula is C10H25N3O3S. The molecule has 0 rings (SSSR count). The highest BCUT2D eigenvalue weighted by Gasteiger charge is 2.15. The lowest BCUT2D eigenvalue weighted by atomic mass is 10.2. The molecule has 0 saturated heterocycles. The summed E-state index contributed by atoms with van der Waals surface area (Å²) in [7, 11) is -1.85. The molecule has 3 N–H and O–H groups in total. The van der Waals surface area contributed by atoms with Crippen molar-refractivity contribution in [1.29, 1.82) is 0 Å². The molecular weight excluding hydrogens is 242 g/mol. The van der Waals surface area contributed by atoms with Crippen LogP contribution in [0, 0.1) is 5.92 Å². The zero-order valence-electron chi connectivity index (χ0n) is 11.0. The average Bonchev–Trinajstić information content (AvgIpc) is 2.24. The van der Waals surface area contributed by atoms with Gasteiger partial charge in [0, 0.05) is 26.7 Å². The molecule has 0 atom stereocenters. The summed E-state index contributed by atoms with van der Waals surface area (Å²) >= 11 is 0. The standard InChI is InChI=1S/C10H25N3O3S/c1-10(2)9-16-8-6-12-17(14,15)13(3)7-4-5-11/h10,12H,4-9,11H2,1-3H3. The third-order valence-electron chi connectivity index (χ3n) is 2.07. The summed E-state index contributed by atoms with van der Waals surface area (Å²) in [6, 6.07) is 0. The van der Waals surface area contributed by atoms with Gasteiger partial charge < -0.3 is 10.5 Å². The van der Waals surface area contributed by atoms with Crippen LogP contribution in [0.25, 0.3) is 0 Å². The Labute approximate surface area is 105 Å². The molecule has 6 nitrogen and oxygen atoms in total. The molecule has 0 heterocycles. The second-order valence-electron chi connectivity index (χ2n) is 4.33. The molecule has 0 fully saturated rings. The number of ether oxygens (including phenoxy) is 1. The molecule has 104 valence electrons. The fraction of sp³-hybridized carbons (Fsp3) is 1.00. The van der Waals surface area contributed by atoms with Crippen LogP contribution in [0.15, 0.2) is 0 Å². The zero-order chi connectivity index (χ0) is 13.3. The van der Waals surface area contributed by atoms with Crippen LogP contribution in [0.4, 0.5) is 0 Å². The Morgan fingerprint density at radius 2 is 2.06 bits per heavy atom. The SMILES string of the molecule is CC(C)COCCNS(=O)(=O)N(C)CCCN.